The van der Waals surface area contributed by atoms with Crippen LogP contribution in [0.25, 0.3) is 0 Å². The summed E-state index contributed by atoms with van der Waals surface area (Å²) in [5.74, 6) is 0.149. The van der Waals surface area contributed by atoms with Crippen LogP contribution in [0, 0.1) is 0 Å². The largest absolute Gasteiger partial charge is 0.478 e. The highest BCUT2D eigenvalue weighted by Crippen LogP contribution is 2.38. The fourth-order valence-electron chi connectivity index (χ4n) is 2.48. The zero-order valence-electron chi connectivity index (χ0n) is 10.9. The fraction of sp³-hybridized carbons (Fsp3) is 0.188. The van der Waals surface area contributed by atoms with Crippen molar-refractivity contribution in [1.29, 1.82) is 0 Å². The number of carboxylic acids is 1. The number of carbonyl (C=O) groups is 1. The van der Waals surface area contributed by atoms with E-state index in [2.05, 4.69) is 17.4 Å². The number of para-hydroxylation sites is 1. The zero-order chi connectivity index (χ0) is 13.9. The average Bonchev–Trinajstić information content (AvgIpc) is 2.48. The quantitative estimate of drug-likeness (QED) is 0.893. The van der Waals surface area contributed by atoms with Crippen molar-refractivity contribution < 1.29 is 9.90 Å². The first-order chi connectivity index (χ1) is 9.75. The van der Waals surface area contributed by atoms with Crippen molar-refractivity contribution in [3.05, 3.63) is 59.7 Å². The molecule has 0 aliphatic carbocycles. The van der Waals surface area contributed by atoms with Crippen LogP contribution < -0.4 is 5.32 Å². The Labute approximate surface area is 122 Å². The summed E-state index contributed by atoms with van der Waals surface area (Å²) >= 11 is 1.86. The van der Waals surface area contributed by atoms with Crippen molar-refractivity contribution in [1.82, 2.24) is 0 Å². The van der Waals surface area contributed by atoms with Crippen molar-refractivity contribution in [3.8, 4) is 0 Å². The molecule has 1 aliphatic rings. The third kappa shape index (κ3) is 2.51. The van der Waals surface area contributed by atoms with Crippen LogP contribution in [0.2, 0.25) is 0 Å². The molecule has 0 fully saturated rings. The maximum absolute atomic E-state index is 11.3. The molecule has 3 rings (SSSR count). The maximum atomic E-state index is 11.3. The SMILES string of the molecule is O=C(O)c1ccccc1NC1CCSc2ccccc21. The number of rotatable bonds is 3. The van der Waals surface area contributed by atoms with Gasteiger partial charge in [-0.05, 0) is 30.2 Å². The van der Waals surface area contributed by atoms with Gasteiger partial charge in [0, 0.05) is 16.3 Å². The molecule has 2 N–H and O–H groups in total. The Morgan fingerprint density at radius 1 is 1.15 bits per heavy atom. The molecule has 3 nitrogen and oxygen atoms in total. The van der Waals surface area contributed by atoms with Crippen LogP contribution in [-0.2, 0) is 0 Å². The predicted molar refractivity (Wildman–Crippen MR) is 81.5 cm³/mol. The van der Waals surface area contributed by atoms with Crippen molar-refractivity contribution >= 4 is 23.4 Å². The first kappa shape index (κ1) is 13.1. The Balaban J connectivity index is 1.92. The molecule has 102 valence electrons. The van der Waals surface area contributed by atoms with E-state index in [1.165, 1.54) is 10.5 Å². The Morgan fingerprint density at radius 2 is 1.90 bits per heavy atom. The van der Waals surface area contributed by atoms with E-state index in [0.29, 0.717) is 11.3 Å². The normalized spacial score (nSPS) is 17.3. The summed E-state index contributed by atoms with van der Waals surface area (Å²) < 4.78 is 0. The Bertz CT molecular complexity index is 642. The Hall–Kier alpha value is -1.94. The predicted octanol–water partition coefficient (Wildman–Crippen LogP) is 4.03. The highest BCUT2D eigenvalue weighted by molar-refractivity contribution is 7.99. The molecule has 2 aromatic rings. The third-order valence-corrected chi connectivity index (χ3v) is 4.57. The number of hydrogen-bond acceptors (Lipinski definition) is 3. The summed E-state index contributed by atoms with van der Waals surface area (Å²) in [5.41, 5.74) is 2.26. The lowest BCUT2D eigenvalue weighted by Crippen LogP contribution is -2.17. The van der Waals surface area contributed by atoms with Crippen molar-refractivity contribution in [2.24, 2.45) is 0 Å². The number of fused-ring (bicyclic) bond motifs is 1. The second-order valence-corrected chi connectivity index (χ2v) is 5.86. The molecular weight excluding hydrogens is 270 g/mol. The molecule has 0 amide bonds. The van der Waals surface area contributed by atoms with Crippen LogP contribution in [0.1, 0.15) is 28.4 Å². The topological polar surface area (TPSA) is 49.3 Å². The summed E-state index contributed by atoms with van der Waals surface area (Å²) in [6.45, 7) is 0. The van der Waals surface area contributed by atoms with Crippen molar-refractivity contribution in [2.45, 2.75) is 17.4 Å². The number of benzene rings is 2. The summed E-state index contributed by atoms with van der Waals surface area (Å²) in [6, 6.07) is 15.5. The summed E-state index contributed by atoms with van der Waals surface area (Å²) in [7, 11) is 0. The standard InChI is InChI=1S/C16H15NO2S/c18-16(19)12-6-1-3-7-13(12)17-14-9-10-20-15-8-4-2-5-11(14)15/h1-8,14,17H,9-10H2,(H,18,19). The fourth-order valence-corrected chi connectivity index (χ4v) is 3.60. The Kier molecular flexibility index (Phi) is 3.65. The van der Waals surface area contributed by atoms with Gasteiger partial charge in [-0.1, -0.05) is 30.3 Å². The van der Waals surface area contributed by atoms with E-state index in [0.717, 1.165) is 12.2 Å². The van der Waals surface area contributed by atoms with Gasteiger partial charge in [-0.3, -0.25) is 0 Å². The molecule has 1 unspecified atom stereocenters. The minimum Gasteiger partial charge on any atom is -0.478 e. The molecule has 20 heavy (non-hydrogen) atoms. The second-order valence-electron chi connectivity index (χ2n) is 4.72. The van der Waals surface area contributed by atoms with Crippen LogP contribution in [0.3, 0.4) is 0 Å². The molecular formula is C16H15NO2S. The van der Waals surface area contributed by atoms with Gasteiger partial charge in [0.25, 0.3) is 0 Å². The van der Waals surface area contributed by atoms with Gasteiger partial charge in [-0.25, -0.2) is 4.79 Å². The van der Waals surface area contributed by atoms with Crippen LogP contribution in [0.5, 0.6) is 0 Å². The number of hydrogen-bond donors (Lipinski definition) is 2. The van der Waals surface area contributed by atoms with Crippen LogP contribution >= 0.6 is 11.8 Å². The highest BCUT2D eigenvalue weighted by Gasteiger charge is 2.21. The third-order valence-electron chi connectivity index (χ3n) is 3.45. The number of aromatic carboxylic acids is 1. The van der Waals surface area contributed by atoms with Gasteiger partial charge in [0.1, 0.15) is 0 Å². The average molecular weight is 285 g/mol. The number of anilines is 1. The highest BCUT2D eigenvalue weighted by atomic mass is 32.2. The first-order valence-electron chi connectivity index (χ1n) is 6.56. The van der Waals surface area contributed by atoms with E-state index in [9.17, 15) is 9.90 Å². The van der Waals surface area contributed by atoms with E-state index >= 15 is 0 Å². The lowest BCUT2D eigenvalue weighted by atomic mass is 10.0. The zero-order valence-corrected chi connectivity index (χ0v) is 11.7. The number of thioether (sulfide) groups is 1. The smallest absolute Gasteiger partial charge is 0.337 e. The van der Waals surface area contributed by atoms with Crippen molar-refractivity contribution in [3.63, 3.8) is 0 Å². The molecule has 2 aromatic carbocycles. The van der Waals surface area contributed by atoms with E-state index in [-0.39, 0.29) is 6.04 Å². The van der Waals surface area contributed by atoms with E-state index in [4.69, 9.17) is 0 Å². The van der Waals surface area contributed by atoms with E-state index in [1.54, 1.807) is 12.1 Å². The molecule has 0 saturated carbocycles. The monoisotopic (exact) mass is 285 g/mol. The van der Waals surface area contributed by atoms with Gasteiger partial charge >= 0.3 is 5.97 Å². The van der Waals surface area contributed by atoms with Gasteiger partial charge in [0.15, 0.2) is 0 Å². The molecule has 0 bridgehead atoms. The molecule has 4 heteroatoms. The summed E-state index contributed by atoms with van der Waals surface area (Å²) in [6.07, 6.45) is 0.996. The molecule has 0 radical (unpaired) electrons. The second kappa shape index (κ2) is 5.59. The maximum Gasteiger partial charge on any atom is 0.337 e. The van der Waals surface area contributed by atoms with Gasteiger partial charge in [-0.15, -0.1) is 11.8 Å². The lowest BCUT2D eigenvalue weighted by Gasteiger charge is -2.27. The Morgan fingerprint density at radius 3 is 2.75 bits per heavy atom. The minimum absolute atomic E-state index is 0.174. The van der Waals surface area contributed by atoms with Gasteiger partial charge in [-0.2, -0.15) is 0 Å². The van der Waals surface area contributed by atoms with Gasteiger partial charge < -0.3 is 10.4 Å². The molecule has 0 aromatic heterocycles. The van der Waals surface area contributed by atoms with Crippen LogP contribution in [-0.4, -0.2) is 16.8 Å². The minimum atomic E-state index is -0.897. The van der Waals surface area contributed by atoms with E-state index in [1.807, 2.05) is 36.0 Å². The van der Waals surface area contributed by atoms with Crippen LogP contribution in [0.4, 0.5) is 5.69 Å². The van der Waals surface area contributed by atoms with E-state index < -0.39 is 5.97 Å². The first-order valence-corrected chi connectivity index (χ1v) is 7.55. The van der Waals surface area contributed by atoms with Gasteiger partial charge in [0.2, 0.25) is 0 Å². The molecule has 0 saturated heterocycles. The van der Waals surface area contributed by atoms with Gasteiger partial charge in [0.05, 0.1) is 11.6 Å². The van der Waals surface area contributed by atoms with Crippen molar-refractivity contribution in [2.75, 3.05) is 11.1 Å². The molecule has 1 heterocycles. The lowest BCUT2D eigenvalue weighted by molar-refractivity contribution is 0.0698. The molecule has 1 aliphatic heterocycles. The van der Waals surface area contributed by atoms with Crippen LogP contribution in [0.15, 0.2) is 53.4 Å². The molecule has 0 spiro atoms. The summed E-state index contributed by atoms with van der Waals surface area (Å²) in [4.78, 5) is 12.5. The molecule has 1 atom stereocenters. The number of carboxylic acid groups (broad SMARTS) is 1. The number of nitrogens with one attached hydrogen (secondary N) is 1. The summed E-state index contributed by atoms with van der Waals surface area (Å²) in [5, 5.41) is 12.6.